The quantitative estimate of drug-likeness (QED) is 0.751. The van der Waals surface area contributed by atoms with Gasteiger partial charge in [0.1, 0.15) is 23.0 Å². The van der Waals surface area contributed by atoms with E-state index in [1.165, 1.54) is 0 Å². The molecule has 27 heavy (non-hydrogen) atoms. The van der Waals surface area contributed by atoms with Crippen molar-refractivity contribution in [1.29, 1.82) is 0 Å². The van der Waals surface area contributed by atoms with Gasteiger partial charge in [-0.2, -0.15) is 0 Å². The molecule has 0 bridgehead atoms. The number of nitrogens with zero attached hydrogens (tertiary/aromatic N) is 1. The molecule has 0 unspecified atom stereocenters. The van der Waals surface area contributed by atoms with Gasteiger partial charge in [-0.3, -0.25) is 4.79 Å². The van der Waals surface area contributed by atoms with Crippen molar-refractivity contribution in [2.24, 2.45) is 4.99 Å². The molecule has 5 nitrogen and oxygen atoms in total. The van der Waals surface area contributed by atoms with Gasteiger partial charge in [0.15, 0.2) is 0 Å². The normalized spacial score (nSPS) is 15.0. The van der Waals surface area contributed by atoms with Crippen molar-refractivity contribution in [3.8, 4) is 11.5 Å². The summed E-state index contributed by atoms with van der Waals surface area (Å²) in [6, 6.07) is 15.5. The Morgan fingerprint density at radius 3 is 2.63 bits per heavy atom. The molecule has 3 rings (SSSR count). The van der Waals surface area contributed by atoms with E-state index >= 15 is 0 Å². The van der Waals surface area contributed by atoms with Gasteiger partial charge in [0.05, 0.1) is 13.7 Å². The molecule has 0 fully saturated rings. The van der Waals surface area contributed by atoms with Crippen LogP contribution < -0.4 is 14.8 Å². The largest absolute Gasteiger partial charge is 0.496 e. The van der Waals surface area contributed by atoms with Crippen LogP contribution in [-0.2, 0) is 4.79 Å². The first-order valence-electron chi connectivity index (χ1n) is 9.03. The van der Waals surface area contributed by atoms with Crippen LogP contribution >= 0.6 is 0 Å². The molecule has 2 aromatic carbocycles. The van der Waals surface area contributed by atoms with E-state index in [2.05, 4.69) is 24.2 Å². The number of nitrogens with one attached hydrogen (secondary N) is 1. The number of ether oxygens (including phenoxy) is 2. The molecule has 0 radical (unpaired) electrons. The maximum atomic E-state index is 12.2. The number of aliphatic imine (C=N–C) groups is 1. The van der Waals surface area contributed by atoms with E-state index in [4.69, 9.17) is 9.47 Å². The maximum absolute atomic E-state index is 12.2. The SMILES string of the molecule is COc1ccc(/C=C2/N=C(CCOc3ccccc3)NC2=O)cc1C(C)C. The summed E-state index contributed by atoms with van der Waals surface area (Å²) < 4.78 is 11.1. The van der Waals surface area contributed by atoms with Crippen LogP contribution in [0.2, 0.25) is 0 Å². The molecule has 2 aromatic rings. The van der Waals surface area contributed by atoms with Gasteiger partial charge in [-0.15, -0.1) is 0 Å². The molecule has 0 saturated carbocycles. The fourth-order valence-corrected chi connectivity index (χ4v) is 2.87. The highest BCUT2D eigenvalue weighted by Gasteiger charge is 2.20. The number of benzene rings is 2. The second-order valence-corrected chi connectivity index (χ2v) is 6.61. The number of rotatable bonds is 7. The molecular formula is C22H24N2O3. The molecule has 1 N–H and O–H groups in total. The molecule has 1 heterocycles. The lowest BCUT2D eigenvalue weighted by molar-refractivity contribution is -0.115. The van der Waals surface area contributed by atoms with Crippen molar-refractivity contribution in [2.75, 3.05) is 13.7 Å². The van der Waals surface area contributed by atoms with Crippen LogP contribution in [0, 0.1) is 0 Å². The lowest BCUT2D eigenvalue weighted by Gasteiger charge is -2.12. The zero-order valence-corrected chi connectivity index (χ0v) is 15.9. The van der Waals surface area contributed by atoms with Crippen molar-refractivity contribution in [1.82, 2.24) is 5.32 Å². The minimum Gasteiger partial charge on any atom is -0.496 e. The highest BCUT2D eigenvalue weighted by atomic mass is 16.5. The average Bonchev–Trinajstić information content (AvgIpc) is 3.01. The van der Waals surface area contributed by atoms with Gasteiger partial charge in [-0.1, -0.05) is 38.1 Å². The van der Waals surface area contributed by atoms with E-state index in [1.807, 2.05) is 48.5 Å². The van der Waals surface area contributed by atoms with E-state index < -0.39 is 0 Å². The van der Waals surface area contributed by atoms with Crippen molar-refractivity contribution in [3.05, 3.63) is 65.4 Å². The first-order chi connectivity index (χ1) is 13.1. The Morgan fingerprint density at radius 1 is 1.15 bits per heavy atom. The smallest absolute Gasteiger partial charge is 0.275 e. The number of para-hydroxylation sites is 1. The summed E-state index contributed by atoms with van der Waals surface area (Å²) in [6.45, 7) is 4.68. The lowest BCUT2D eigenvalue weighted by atomic mass is 9.99. The molecule has 0 saturated heterocycles. The zero-order chi connectivity index (χ0) is 19.2. The summed E-state index contributed by atoms with van der Waals surface area (Å²) >= 11 is 0. The van der Waals surface area contributed by atoms with Crippen LogP contribution in [0.3, 0.4) is 0 Å². The fourth-order valence-electron chi connectivity index (χ4n) is 2.87. The van der Waals surface area contributed by atoms with Gasteiger partial charge >= 0.3 is 0 Å². The maximum Gasteiger partial charge on any atom is 0.275 e. The Kier molecular flexibility index (Phi) is 5.91. The Bertz CT molecular complexity index is 870. The standard InChI is InChI=1S/C22H24N2O3/c1-15(2)18-13-16(9-10-20(18)26-3)14-19-22(25)24-21(23-19)11-12-27-17-7-5-4-6-8-17/h4-10,13-15H,11-12H2,1-3H3,(H,23,24,25)/b19-14+. The summed E-state index contributed by atoms with van der Waals surface area (Å²) in [5.41, 5.74) is 2.44. The molecular weight excluding hydrogens is 340 g/mol. The number of hydrogen-bond acceptors (Lipinski definition) is 4. The molecule has 1 amide bonds. The Morgan fingerprint density at radius 2 is 1.93 bits per heavy atom. The van der Waals surface area contributed by atoms with E-state index in [0.717, 1.165) is 22.6 Å². The van der Waals surface area contributed by atoms with Crippen molar-refractivity contribution in [3.63, 3.8) is 0 Å². The molecule has 140 valence electrons. The monoisotopic (exact) mass is 364 g/mol. The van der Waals surface area contributed by atoms with Gasteiger partial charge in [0.25, 0.3) is 5.91 Å². The van der Waals surface area contributed by atoms with Crippen LogP contribution in [-0.4, -0.2) is 25.5 Å². The molecule has 0 atom stereocenters. The number of methoxy groups -OCH3 is 1. The second-order valence-electron chi connectivity index (χ2n) is 6.61. The molecule has 0 spiro atoms. The number of carbonyl (C=O) groups excluding carboxylic acids is 1. The number of hydrogen-bond donors (Lipinski definition) is 1. The summed E-state index contributed by atoms with van der Waals surface area (Å²) in [5.74, 6) is 2.42. The summed E-state index contributed by atoms with van der Waals surface area (Å²) in [6.07, 6.45) is 2.34. The average molecular weight is 364 g/mol. The topological polar surface area (TPSA) is 59.9 Å². The van der Waals surface area contributed by atoms with E-state index in [1.54, 1.807) is 13.2 Å². The van der Waals surface area contributed by atoms with Crippen molar-refractivity contribution < 1.29 is 14.3 Å². The van der Waals surface area contributed by atoms with Crippen LogP contribution in [0.15, 0.2) is 59.2 Å². The number of amidine groups is 1. The molecule has 1 aliphatic heterocycles. The fraction of sp³-hybridized carbons (Fsp3) is 0.273. The van der Waals surface area contributed by atoms with E-state index in [0.29, 0.717) is 30.5 Å². The van der Waals surface area contributed by atoms with Crippen molar-refractivity contribution >= 4 is 17.8 Å². The zero-order valence-electron chi connectivity index (χ0n) is 15.9. The predicted octanol–water partition coefficient (Wildman–Crippen LogP) is 4.16. The highest BCUT2D eigenvalue weighted by Crippen LogP contribution is 2.28. The lowest BCUT2D eigenvalue weighted by Crippen LogP contribution is -2.25. The predicted molar refractivity (Wildman–Crippen MR) is 107 cm³/mol. The van der Waals surface area contributed by atoms with Crippen LogP contribution in [0.5, 0.6) is 11.5 Å². The minimum atomic E-state index is -0.188. The Balaban J connectivity index is 1.69. The van der Waals surface area contributed by atoms with E-state index in [-0.39, 0.29) is 5.91 Å². The molecule has 0 aliphatic carbocycles. The van der Waals surface area contributed by atoms with Gasteiger partial charge < -0.3 is 14.8 Å². The third kappa shape index (κ3) is 4.76. The van der Waals surface area contributed by atoms with Crippen LogP contribution in [0.25, 0.3) is 6.08 Å². The Labute approximate surface area is 159 Å². The number of amides is 1. The third-order valence-corrected chi connectivity index (χ3v) is 4.28. The Hall–Kier alpha value is -3.08. The minimum absolute atomic E-state index is 0.188. The van der Waals surface area contributed by atoms with Gasteiger partial charge in [0, 0.05) is 6.42 Å². The van der Waals surface area contributed by atoms with Crippen LogP contribution in [0.1, 0.15) is 37.3 Å². The van der Waals surface area contributed by atoms with Gasteiger partial charge in [0.2, 0.25) is 0 Å². The summed E-state index contributed by atoms with van der Waals surface area (Å²) in [5, 5.41) is 2.81. The molecule has 0 aromatic heterocycles. The molecule has 5 heteroatoms. The molecule has 1 aliphatic rings. The number of carbonyl (C=O) groups is 1. The first kappa shape index (κ1) is 18.7. The highest BCUT2D eigenvalue weighted by molar-refractivity contribution is 6.14. The first-order valence-corrected chi connectivity index (χ1v) is 9.03. The van der Waals surface area contributed by atoms with Crippen molar-refractivity contribution in [2.45, 2.75) is 26.2 Å². The summed E-state index contributed by atoms with van der Waals surface area (Å²) in [7, 11) is 1.66. The summed E-state index contributed by atoms with van der Waals surface area (Å²) in [4.78, 5) is 16.6. The van der Waals surface area contributed by atoms with Gasteiger partial charge in [-0.05, 0) is 47.4 Å². The third-order valence-electron chi connectivity index (χ3n) is 4.28. The van der Waals surface area contributed by atoms with Gasteiger partial charge in [-0.25, -0.2) is 4.99 Å². The van der Waals surface area contributed by atoms with Crippen LogP contribution in [0.4, 0.5) is 0 Å². The van der Waals surface area contributed by atoms with E-state index in [9.17, 15) is 4.79 Å². The second kappa shape index (κ2) is 8.54.